The highest BCUT2D eigenvalue weighted by Crippen LogP contribution is 2.32. The van der Waals surface area contributed by atoms with Crippen molar-refractivity contribution in [2.75, 3.05) is 13.1 Å². The van der Waals surface area contributed by atoms with E-state index in [4.69, 9.17) is 0 Å². The zero-order valence-corrected chi connectivity index (χ0v) is 7.95. The SMILES string of the molecule is CC(=O)[C@H]1CCN(C(=O)C2CC2)C1. The Kier molecular flexibility index (Phi) is 2.10. The molecule has 2 fully saturated rings. The van der Waals surface area contributed by atoms with E-state index in [1.54, 1.807) is 6.92 Å². The van der Waals surface area contributed by atoms with Crippen LogP contribution in [0.15, 0.2) is 0 Å². The van der Waals surface area contributed by atoms with Crippen LogP contribution in [0.2, 0.25) is 0 Å². The molecular weight excluding hydrogens is 166 g/mol. The molecule has 0 spiro atoms. The van der Waals surface area contributed by atoms with E-state index in [1.165, 1.54) is 0 Å². The molecule has 2 aliphatic rings. The van der Waals surface area contributed by atoms with E-state index in [2.05, 4.69) is 0 Å². The summed E-state index contributed by atoms with van der Waals surface area (Å²) in [6.07, 6.45) is 2.98. The third-order valence-corrected chi connectivity index (χ3v) is 3.00. The Morgan fingerprint density at radius 2 is 1.85 bits per heavy atom. The predicted molar refractivity (Wildman–Crippen MR) is 48.1 cm³/mol. The molecule has 1 saturated heterocycles. The number of ketones is 1. The molecule has 2 rings (SSSR count). The summed E-state index contributed by atoms with van der Waals surface area (Å²) in [7, 11) is 0. The van der Waals surface area contributed by atoms with E-state index in [0.29, 0.717) is 12.5 Å². The fraction of sp³-hybridized carbons (Fsp3) is 0.800. The summed E-state index contributed by atoms with van der Waals surface area (Å²) >= 11 is 0. The monoisotopic (exact) mass is 181 g/mol. The lowest BCUT2D eigenvalue weighted by molar-refractivity contribution is -0.131. The van der Waals surface area contributed by atoms with Gasteiger partial charge < -0.3 is 4.90 Å². The predicted octanol–water partition coefficient (Wildman–Crippen LogP) is 0.834. The highest BCUT2D eigenvalue weighted by Gasteiger charge is 2.37. The highest BCUT2D eigenvalue weighted by molar-refractivity contribution is 5.84. The first-order valence-corrected chi connectivity index (χ1v) is 4.97. The van der Waals surface area contributed by atoms with Crippen molar-refractivity contribution in [1.82, 2.24) is 4.90 Å². The number of hydrogen-bond acceptors (Lipinski definition) is 2. The van der Waals surface area contributed by atoms with Gasteiger partial charge in [-0.3, -0.25) is 9.59 Å². The summed E-state index contributed by atoms with van der Waals surface area (Å²) in [5.41, 5.74) is 0. The Morgan fingerprint density at radius 1 is 1.15 bits per heavy atom. The van der Waals surface area contributed by atoms with Crippen molar-refractivity contribution >= 4 is 11.7 Å². The second kappa shape index (κ2) is 3.13. The number of amides is 1. The zero-order valence-electron chi connectivity index (χ0n) is 7.95. The van der Waals surface area contributed by atoms with Crippen LogP contribution in [-0.4, -0.2) is 29.7 Å². The minimum absolute atomic E-state index is 0.114. The molecule has 1 aliphatic heterocycles. The molecule has 3 heteroatoms. The van der Waals surface area contributed by atoms with E-state index < -0.39 is 0 Å². The lowest BCUT2D eigenvalue weighted by Crippen LogP contribution is -2.30. The average molecular weight is 181 g/mol. The molecule has 1 amide bonds. The van der Waals surface area contributed by atoms with E-state index >= 15 is 0 Å². The van der Waals surface area contributed by atoms with E-state index in [1.807, 2.05) is 4.90 Å². The molecule has 0 aromatic heterocycles. The second-order valence-corrected chi connectivity index (χ2v) is 4.15. The summed E-state index contributed by atoms with van der Waals surface area (Å²) in [6, 6.07) is 0. The van der Waals surface area contributed by atoms with Gasteiger partial charge in [0, 0.05) is 24.9 Å². The van der Waals surface area contributed by atoms with E-state index in [9.17, 15) is 9.59 Å². The number of rotatable bonds is 2. The van der Waals surface area contributed by atoms with Gasteiger partial charge >= 0.3 is 0 Å². The molecule has 72 valence electrons. The first-order valence-electron chi connectivity index (χ1n) is 4.97. The molecule has 0 aromatic rings. The Morgan fingerprint density at radius 3 is 2.31 bits per heavy atom. The maximum absolute atomic E-state index is 11.6. The molecule has 0 N–H and O–H groups in total. The van der Waals surface area contributed by atoms with Gasteiger partial charge in [0.1, 0.15) is 5.78 Å². The first kappa shape index (κ1) is 8.73. The van der Waals surface area contributed by atoms with Gasteiger partial charge in [-0.15, -0.1) is 0 Å². The van der Waals surface area contributed by atoms with Crippen LogP contribution < -0.4 is 0 Å². The standard InChI is InChI=1S/C10H15NO2/c1-7(12)9-4-5-11(6-9)10(13)8-2-3-8/h8-9H,2-6H2,1H3/t9-/m0/s1. The number of likely N-dealkylation sites (tertiary alicyclic amines) is 1. The van der Waals surface area contributed by atoms with Crippen LogP contribution in [0, 0.1) is 11.8 Å². The number of carbonyl (C=O) groups is 2. The Hall–Kier alpha value is -0.860. The van der Waals surface area contributed by atoms with Crippen molar-refractivity contribution in [3.05, 3.63) is 0 Å². The Balaban J connectivity index is 1.90. The minimum atomic E-state index is 0.114. The third-order valence-electron chi connectivity index (χ3n) is 3.00. The van der Waals surface area contributed by atoms with Gasteiger partial charge in [0.25, 0.3) is 0 Å². The van der Waals surface area contributed by atoms with E-state index in [-0.39, 0.29) is 17.6 Å². The number of carbonyl (C=O) groups excluding carboxylic acids is 2. The molecule has 0 radical (unpaired) electrons. The van der Waals surface area contributed by atoms with E-state index in [0.717, 1.165) is 25.8 Å². The minimum Gasteiger partial charge on any atom is -0.342 e. The van der Waals surface area contributed by atoms with Crippen LogP contribution in [-0.2, 0) is 9.59 Å². The molecule has 0 aromatic carbocycles. The largest absolute Gasteiger partial charge is 0.342 e. The van der Waals surface area contributed by atoms with Crippen LogP contribution in [0.4, 0.5) is 0 Å². The third kappa shape index (κ3) is 1.74. The summed E-state index contributed by atoms with van der Waals surface area (Å²) in [6.45, 7) is 3.08. The number of nitrogens with zero attached hydrogens (tertiary/aromatic N) is 1. The van der Waals surface area contributed by atoms with Gasteiger partial charge in [0.15, 0.2) is 0 Å². The molecule has 0 unspecified atom stereocenters. The molecule has 1 aliphatic carbocycles. The number of hydrogen-bond donors (Lipinski definition) is 0. The van der Waals surface area contributed by atoms with Crippen molar-refractivity contribution < 1.29 is 9.59 Å². The average Bonchev–Trinajstić information content (AvgIpc) is 2.81. The fourth-order valence-corrected chi connectivity index (χ4v) is 1.88. The Labute approximate surface area is 78.1 Å². The second-order valence-electron chi connectivity index (χ2n) is 4.15. The summed E-state index contributed by atoms with van der Waals surface area (Å²) < 4.78 is 0. The van der Waals surface area contributed by atoms with Crippen LogP contribution in [0.3, 0.4) is 0 Å². The zero-order chi connectivity index (χ0) is 9.42. The van der Waals surface area contributed by atoms with Crippen molar-refractivity contribution in [2.24, 2.45) is 11.8 Å². The van der Waals surface area contributed by atoms with Crippen LogP contribution in [0.1, 0.15) is 26.2 Å². The molecule has 3 nitrogen and oxygen atoms in total. The van der Waals surface area contributed by atoms with Crippen LogP contribution in [0.5, 0.6) is 0 Å². The maximum atomic E-state index is 11.6. The molecule has 0 bridgehead atoms. The van der Waals surface area contributed by atoms with Gasteiger partial charge in [-0.05, 0) is 26.2 Å². The quantitative estimate of drug-likeness (QED) is 0.633. The first-order chi connectivity index (χ1) is 6.18. The topological polar surface area (TPSA) is 37.4 Å². The molecule has 1 heterocycles. The van der Waals surface area contributed by atoms with Gasteiger partial charge in [-0.2, -0.15) is 0 Å². The molecule has 1 atom stereocenters. The van der Waals surface area contributed by atoms with Crippen molar-refractivity contribution in [3.8, 4) is 0 Å². The molecular formula is C10H15NO2. The normalized spacial score (nSPS) is 27.8. The lowest BCUT2D eigenvalue weighted by atomic mass is 10.1. The maximum Gasteiger partial charge on any atom is 0.225 e. The van der Waals surface area contributed by atoms with Gasteiger partial charge in [-0.1, -0.05) is 0 Å². The van der Waals surface area contributed by atoms with Gasteiger partial charge in [0.05, 0.1) is 0 Å². The fourth-order valence-electron chi connectivity index (χ4n) is 1.88. The van der Waals surface area contributed by atoms with Crippen molar-refractivity contribution in [1.29, 1.82) is 0 Å². The lowest BCUT2D eigenvalue weighted by Gasteiger charge is -2.15. The van der Waals surface area contributed by atoms with Crippen LogP contribution >= 0.6 is 0 Å². The smallest absolute Gasteiger partial charge is 0.225 e. The summed E-state index contributed by atoms with van der Waals surface area (Å²) in [4.78, 5) is 24.5. The number of Topliss-reactive ketones (excluding diaryl/α,β-unsaturated/α-hetero) is 1. The summed E-state index contributed by atoms with van der Waals surface area (Å²) in [5.74, 6) is 0.920. The van der Waals surface area contributed by atoms with Gasteiger partial charge in [0.2, 0.25) is 5.91 Å². The molecule has 13 heavy (non-hydrogen) atoms. The van der Waals surface area contributed by atoms with Crippen molar-refractivity contribution in [3.63, 3.8) is 0 Å². The van der Waals surface area contributed by atoms with Gasteiger partial charge in [-0.25, -0.2) is 0 Å². The Bertz CT molecular complexity index is 245. The van der Waals surface area contributed by atoms with Crippen LogP contribution in [0.25, 0.3) is 0 Å². The van der Waals surface area contributed by atoms with Crippen molar-refractivity contribution in [2.45, 2.75) is 26.2 Å². The highest BCUT2D eigenvalue weighted by atomic mass is 16.2. The summed E-state index contributed by atoms with van der Waals surface area (Å²) in [5, 5.41) is 0. The molecule has 1 saturated carbocycles.